The van der Waals surface area contributed by atoms with Crippen LogP contribution in [0.25, 0.3) is 83.0 Å². The van der Waals surface area contributed by atoms with Gasteiger partial charge in [0.2, 0.25) is 0 Å². The van der Waals surface area contributed by atoms with Crippen LogP contribution in [-0.2, 0) is 0 Å². The minimum Gasteiger partial charge on any atom is -0.457 e. The summed E-state index contributed by atoms with van der Waals surface area (Å²) in [6, 6.07) is 53.2. The highest BCUT2D eigenvalue weighted by Gasteiger charge is 2.20. The van der Waals surface area contributed by atoms with Crippen molar-refractivity contribution in [3.05, 3.63) is 176 Å². The number of benzene rings is 6. The lowest BCUT2D eigenvalue weighted by Crippen LogP contribution is -2.09. The van der Waals surface area contributed by atoms with Crippen molar-refractivity contribution in [3.63, 3.8) is 0 Å². The molecule has 0 saturated heterocycles. The monoisotopic (exact) mass is 805 g/mol. The molecule has 62 heavy (non-hydrogen) atoms. The summed E-state index contributed by atoms with van der Waals surface area (Å²) in [7, 11) is 0. The fraction of sp³-hybridized carbons (Fsp3) is 0.0588. The molecule has 0 fully saturated rings. The molecule has 0 amide bonds. The predicted molar refractivity (Wildman–Crippen MR) is 243 cm³/mol. The summed E-state index contributed by atoms with van der Waals surface area (Å²) in [5.41, 5.74) is 5.82. The molecule has 12 aromatic rings. The predicted octanol–water partition coefficient (Wildman–Crippen LogP) is 12.1. The Morgan fingerprint density at radius 2 is 0.742 bits per heavy atom. The molecule has 11 nitrogen and oxygen atoms in total. The largest absolute Gasteiger partial charge is 0.457 e. The molecule has 12 rings (SSSR count). The second-order valence-electron chi connectivity index (χ2n) is 15.5. The van der Waals surface area contributed by atoms with Gasteiger partial charge in [-0.05, 0) is 84.9 Å². The Hall–Kier alpha value is -8.44. The summed E-state index contributed by atoms with van der Waals surface area (Å²) in [6.07, 6.45) is 3.63. The zero-order valence-electron chi connectivity index (χ0n) is 33.6. The first kappa shape index (κ1) is 35.5. The van der Waals surface area contributed by atoms with E-state index < -0.39 is 0 Å². The van der Waals surface area contributed by atoms with E-state index in [9.17, 15) is 0 Å². The van der Waals surface area contributed by atoms with Gasteiger partial charge in [-0.15, -0.1) is 20.4 Å². The van der Waals surface area contributed by atoms with E-state index in [-0.39, 0.29) is 5.92 Å². The molecule has 6 aromatic heterocycles. The van der Waals surface area contributed by atoms with Crippen molar-refractivity contribution in [1.29, 1.82) is 0 Å². The van der Waals surface area contributed by atoms with Gasteiger partial charge < -0.3 is 9.47 Å². The molecule has 0 saturated carbocycles. The molecule has 0 aliphatic heterocycles. The number of ether oxygens (including phenoxy) is 2. The SMILES string of the molecule is CC(C)c1nnc(-n2c3cc(Oc4ccc5c6ccccc6n(-c6ccccn6)c5c4)ccc3c3ccc(Oc4ccc5c6ccccc6n(-c6ccccn6)c5c4)cc32)nn1. The van der Waals surface area contributed by atoms with E-state index in [2.05, 4.69) is 114 Å². The second kappa shape index (κ2) is 14.1. The lowest BCUT2D eigenvalue weighted by atomic mass is 10.1. The van der Waals surface area contributed by atoms with E-state index in [1.54, 1.807) is 0 Å². The van der Waals surface area contributed by atoms with Crippen molar-refractivity contribution in [2.75, 3.05) is 0 Å². The number of hydrogen-bond acceptors (Lipinski definition) is 8. The minimum atomic E-state index is 0.0737. The molecule has 0 atom stereocenters. The minimum absolute atomic E-state index is 0.0737. The van der Waals surface area contributed by atoms with Crippen LogP contribution in [0.15, 0.2) is 170 Å². The number of nitrogens with zero attached hydrogens (tertiary/aromatic N) is 9. The molecule has 6 heterocycles. The molecule has 0 radical (unpaired) electrons. The third-order valence-electron chi connectivity index (χ3n) is 11.4. The Morgan fingerprint density at radius 3 is 1.13 bits per heavy atom. The van der Waals surface area contributed by atoms with Gasteiger partial charge in [-0.3, -0.25) is 13.7 Å². The fourth-order valence-electron chi connectivity index (χ4n) is 8.64. The van der Waals surface area contributed by atoms with Gasteiger partial charge in [-0.1, -0.05) is 62.4 Å². The van der Waals surface area contributed by atoms with Crippen LogP contribution in [0.3, 0.4) is 0 Å². The van der Waals surface area contributed by atoms with Gasteiger partial charge in [-0.2, -0.15) is 0 Å². The maximum atomic E-state index is 6.67. The zero-order valence-corrected chi connectivity index (χ0v) is 33.6. The van der Waals surface area contributed by atoms with Crippen molar-refractivity contribution in [2.45, 2.75) is 19.8 Å². The maximum absolute atomic E-state index is 6.67. The van der Waals surface area contributed by atoms with Crippen molar-refractivity contribution in [1.82, 2.24) is 44.1 Å². The average Bonchev–Trinajstić information content (AvgIpc) is 3.94. The summed E-state index contributed by atoms with van der Waals surface area (Å²) < 4.78 is 19.7. The molecule has 296 valence electrons. The standard InChI is InChI=1S/C51H35N9O2/c1-31(2)50-54-56-51(57-55-50)60-46-29-34(61-32-17-21-38-36-11-3-5-13-42(36)58(44(38)27-32)48-15-7-9-25-52-48)19-23-40(46)41-24-20-35(30-47(41)60)62-33-18-22-39-37-12-4-6-14-43(37)59(45(39)28-33)49-16-8-10-26-53-49/h3-31H,1-2H3. The molecule has 0 aliphatic carbocycles. The van der Waals surface area contributed by atoms with Crippen LogP contribution in [0.1, 0.15) is 25.6 Å². The molecular formula is C51H35N9O2. The lowest BCUT2D eigenvalue weighted by molar-refractivity contribution is 0.484. The maximum Gasteiger partial charge on any atom is 0.273 e. The Balaban J connectivity index is 0.968. The summed E-state index contributed by atoms with van der Waals surface area (Å²) in [5, 5.41) is 24.6. The number of fused-ring (bicyclic) bond motifs is 9. The molecule has 6 aromatic carbocycles. The molecule has 0 bridgehead atoms. The van der Waals surface area contributed by atoms with Crippen LogP contribution in [-0.4, -0.2) is 44.1 Å². The van der Waals surface area contributed by atoms with Crippen LogP contribution in [0.2, 0.25) is 0 Å². The lowest BCUT2D eigenvalue weighted by Gasteiger charge is -2.10. The van der Waals surface area contributed by atoms with Gasteiger partial charge in [0, 0.05) is 74.9 Å². The van der Waals surface area contributed by atoms with Crippen molar-refractivity contribution in [2.24, 2.45) is 0 Å². The van der Waals surface area contributed by atoms with Crippen molar-refractivity contribution < 1.29 is 9.47 Å². The first-order valence-electron chi connectivity index (χ1n) is 20.5. The Labute approximate surface area is 354 Å². The van der Waals surface area contributed by atoms with Crippen LogP contribution < -0.4 is 9.47 Å². The van der Waals surface area contributed by atoms with Gasteiger partial charge >= 0.3 is 0 Å². The van der Waals surface area contributed by atoms with Gasteiger partial charge in [0.15, 0.2) is 5.82 Å². The van der Waals surface area contributed by atoms with Crippen LogP contribution in [0, 0.1) is 0 Å². The second-order valence-corrected chi connectivity index (χ2v) is 15.5. The van der Waals surface area contributed by atoms with Gasteiger partial charge in [-0.25, -0.2) is 9.97 Å². The smallest absolute Gasteiger partial charge is 0.273 e. The molecule has 0 N–H and O–H groups in total. The number of para-hydroxylation sites is 2. The summed E-state index contributed by atoms with van der Waals surface area (Å²) in [4.78, 5) is 9.39. The third-order valence-corrected chi connectivity index (χ3v) is 11.4. The first-order chi connectivity index (χ1) is 30.6. The normalized spacial score (nSPS) is 11.9. The van der Waals surface area contributed by atoms with E-state index in [0.717, 1.165) is 77.1 Å². The molecule has 0 aliphatic rings. The van der Waals surface area contributed by atoms with Gasteiger partial charge in [0.25, 0.3) is 5.95 Å². The van der Waals surface area contributed by atoms with Crippen LogP contribution in [0.4, 0.5) is 0 Å². The van der Waals surface area contributed by atoms with Gasteiger partial charge in [0.1, 0.15) is 34.6 Å². The number of rotatable bonds is 8. The van der Waals surface area contributed by atoms with E-state index in [1.165, 1.54) is 0 Å². The fourth-order valence-corrected chi connectivity index (χ4v) is 8.64. The van der Waals surface area contributed by atoms with Crippen molar-refractivity contribution in [3.8, 4) is 40.6 Å². The number of pyridine rings is 2. The van der Waals surface area contributed by atoms with Crippen LogP contribution >= 0.6 is 0 Å². The van der Waals surface area contributed by atoms with E-state index >= 15 is 0 Å². The summed E-state index contributed by atoms with van der Waals surface area (Å²) >= 11 is 0. The molecule has 0 unspecified atom stereocenters. The van der Waals surface area contributed by atoms with Crippen LogP contribution in [0.5, 0.6) is 23.0 Å². The molecule has 11 heteroatoms. The highest BCUT2D eigenvalue weighted by Crippen LogP contribution is 2.40. The topological polar surface area (TPSA) is 111 Å². The quantitative estimate of drug-likeness (QED) is 0.149. The zero-order chi connectivity index (χ0) is 41.3. The Kier molecular flexibility index (Phi) is 8.07. The Morgan fingerprint density at radius 1 is 0.371 bits per heavy atom. The van der Waals surface area contributed by atoms with E-state index in [1.807, 2.05) is 104 Å². The molecular weight excluding hydrogens is 771 g/mol. The average molecular weight is 806 g/mol. The van der Waals surface area contributed by atoms with Crippen molar-refractivity contribution >= 4 is 65.4 Å². The van der Waals surface area contributed by atoms with Gasteiger partial charge in [0.05, 0.1) is 33.1 Å². The first-order valence-corrected chi connectivity index (χ1v) is 20.5. The summed E-state index contributed by atoms with van der Waals surface area (Å²) in [6.45, 7) is 4.04. The van der Waals surface area contributed by atoms with E-state index in [0.29, 0.717) is 34.8 Å². The highest BCUT2D eigenvalue weighted by atomic mass is 16.5. The highest BCUT2D eigenvalue weighted by molar-refractivity contribution is 6.11. The Bertz CT molecular complexity index is 3450. The third kappa shape index (κ3) is 5.74. The number of aromatic nitrogens is 9. The summed E-state index contributed by atoms with van der Waals surface area (Å²) in [5.74, 6) is 5.33. The van der Waals surface area contributed by atoms with E-state index in [4.69, 9.17) is 19.4 Å². The number of hydrogen-bond donors (Lipinski definition) is 0. The molecule has 0 spiro atoms.